The van der Waals surface area contributed by atoms with Crippen LogP contribution in [0, 0.1) is 28.6 Å². The molecule has 0 amide bonds. The zero-order valence-corrected chi connectivity index (χ0v) is 17.0. The van der Waals surface area contributed by atoms with Crippen LogP contribution in [-0.2, 0) is 14.3 Å². The molecule has 4 saturated carbocycles. The molecule has 4 nitrogen and oxygen atoms in total. The smallest absolute Gasteiger partial charge is 0.302 e. The van der Waals surface area contributed by atoms with Gasteiger partial charge in [-0.2, -0.15) is 0 Å². The first kappa shape index (κ1) is 18.2. The van der Waals surface area contributed by atoms with E-state index < -0.39 is 5.60 Å². The SMILES string of the molecule is C=C[C@@]1(O)CC[C@@H]2[C@@H]3C[C@H]4O[C@]45C[C@@H](OC(C)=O)CC[C@]5(C)[C@@H]3CC[C@]21C. The van der Waals surface area contributed by atoms with Crippen LogP contribution in [-0.4, -0.2) is 34.5 Å². The molecule has 5 fully saturated rings. The number of carbonyl (C=O) groups excluding carboxylic acids is 1. The number of hydrogen-bond acceptors (Lipinski definition) is 4. The largest absolute Gasteiger partial charge is 0.462 e. The first-order valence-corrected chi connectivity index (χ1v) is 10.9. The summed E-state index contributed by atoms with van der Waals surface area (Å²) in [4.78, 5) is 11.5. The lowest BCUT2D eigenvalue weighted by atomic mass is 9.44. The van der Waals surface area contributed by atoms with Crippen molar-refractivity contribution < 1.29 is 19.4 Å². The van der Waals surface area contributed by atoms with E-state index in [1.54, 1.807) is 0 Å². The van der Waals surface area contributed by atoms with Gasteiger partial charge in [-0.3, -0.25) is 4.79 Å². The Bertz CT molecular complexity index is 690. The lowest BCUT2D eigenvalue weighted by Crippen LogP contribution is -2.60. The molecule has 27 heavy (non-hydrogen) atoms. The fourth-order valence-electron chi connectivity index (χ4n) is 8.36. The second-order valence-electron chi connectivity index (χ2n) is 10.6. The van der Waals surface area contributed by atoms with Gasteiger partial charge in [-0.05, 0) is 62.7 Å². The lowest BCUT2D eigenvalue weighted by molar-refractivity contribution is -0.160. The van der Waals surface area contributed by atoms with E-state index in [4.69, 9.17) is 9.47 Å². The monoisotopic (exact) mass is 374 g/mol. The van der Waals surface area contributed by atoms with Gasteiger partial charge in [0.2, 0.25) is 0 Å². The Hall–Kier alpha value is -0.870. The average Bonchev–Trinajstić information content (AvgIpc) is 3.24. The minimum absolute atomic E-state index is 0.0170. The molecule has 0 bridgehead atoms. The molecule has 5 aliphatic rings. The summed E-state index contributed by atoms with van der Waals surface area (Å²) in [6, 6.07) is 0. The van der Waals surface area contributed by atoms with E-state index >= 15 is 0 Å². The van der Waals surface area contributed by atoms with Crippen LogP contribution in [0.1, 0.15) is 72.1 Å². The molecule has 1 heterocycles. The average molecular weight is 375 g/mol. The van der Waals surface area contributed by atoms with E-state index in [-0.39, 0.29) is 28.5 Å². The van der Waals surface area contributed by atoms with Crippen LogP contribution in [0.3, 0.4) is 0 Å². The van der Waals surface area contributed by atoms with Gasteiger partial charge in [0.25, 0.3) is 0 Å². The summed E-state index contributed by atoms with van der Waals surface area (Å²) in [7, 11) is 0. The van der Waals surface area contributed by atoms with Crippen LogP contribution in [0.4, 0.5) is 0 Å². The molecule has 0 aromatic heterocycles. The Morgan fingerprint density at radius 1 is 1.15 bits per heavy atom. The second kappa shape index (κ2) is 5.38. The van der Waals surface area contributed by atoms with E-state index in [0.717, 1.165) is 44.9 Å². The van der Waals surface area contributed by atoms with Crippen molar-refractivity contribution in [3.8, 4) is 0 Å². The highest BCUT2D eigenvalue weighted by Gasteiger charge is 2.77. The van der Waals surface area contributed by atoms with Crippen molar-refractivity contribution in [1.82, 2.24) is 0 Å². The predicted octanol–water partition coefficient (Wildman–Crippen LogP) is 4.01. The maximum Gasteiger partial charge on any atom is 0.302 e. The Labute approximate surface area is 162 Å². The van der Waals surface area contributed by atoms with Gasteiger partial charge in [-0.25, -0.2) is 0 Å². The van der Waals surface area contributed by atoms with Crippen molar-refractivity contribution in [3.05, 3.63) is 12.7 Å². The first-order valence-electron chi connectivity index (χ1n) is 10.9. The molecule has 1 N–H and O–H groups in total. The first-order chi connectivity index (χ1) is 12.7. The molecule has 4 aliphatic carbocycles. The number of fused-ring (bicyclic) bond motifs is 4. The molecule has 1 spiro atoms. The summed E-state index contributed by atoms with van der Waals surface area (Å²) in [5, 5.41) is 11.2. The molecular weight excluding hydrogens is 340 g/mol. The lowest BCUT2D eigenvalue weighted by Gasteiger charge is -2.60. The third-order valence-corrected chi connectivity index (χ3v) is 9.93. The van der Waals surface area contributed by atoms with Gasteiger partial charge in [0.05, 0.1) is 11.7 Å². The third kappa shape index (κ3) is 2.09. The van der Waals surface area contributed by atoms with Crippen LogP contribution in [0.25, 0.3) is 0 Å². The number of rotatable bonds is 2. The van der Waals surface area contributed by atoms with Gasteiger partial charge < -0.3 is 14.6 Å². The zero-order chi connectivity index (χ0) is 19.2. The van der Waals surface area contributed by atoms with Gasteiger partial charge >= 0.3 is 5.97 Å². The molecule has 5 rings (SSSR count). The summed E-state index contributed by atoms with van der Waals surface area (Å²) in [5.41, 5.74) is -0.660. The molecule has 1 aliphatic heterocycles. The van der Waals surface area contributed by atoms with Gasteiger partial charge in [-0.1, -0.05) is 19.9 Å². The summed E-state index contributed by atoms with van der Waals surface area (Å²) in [5.74, 6) is 1.67. The fraction of sp³-hybridized carbons (Fsp3) is 0.870. The summed E-state index contributed by atoms with van der Waals surface area (Å²) < 4.78 is 12.0. The van der Waals surface area contributed by atoms with Gasteiger partial charge in [0.1, 0.15) is 11.7 Å². The maximum atomic E-state index is 11.5. The fourth-order valence-corrected chi connectivity index (χ4v) is 8.36. The van der Waals surface area contributed by atoms with Crippen molar-refractivity contribution in [2.75, 3.05) is 0 Å². The molecule has 0 aromatic rings. The number of ether oxygens (including phenoxy) is 2. The standard InChI is InChI=1S/C23H34O4/c1-5-22(25)11-8-17-16-12-19-23(27-19)13-15(26-14(2)24)6-9-21(23,4)18(16)7-10-20(17,22)3/h5,15-19,25H,1,6-13H2,2-4H3/t15-,16-,17+,18+,19+,20+,21+,22+,23+/m0/s1. The van der Waals surface area contributed by atoms with E-state index in [1.807, 2.05) is 6.08 Å². The highest BCUT2D eigenvalue weighted by Crippen LogP contribution is 2.74. The molecular formula is C23H34O4. The van der Waals surface area contributed by atoms with Crippen molar-refractivity contribution in [1.29, 1.82) is 0 Å². The van der Waals surface area contributed by atoms with Gasteiger partial charge in [0.15, 0.2) is 0 Å². The molecule has 150 valence electrons. The van der Waals surface area contributed by atoms with Crippen molar-refractivity contribution >= 4 is 5.97 Å². The van der Waals surface area contributed by atoms with Crippen molar-refractivity contribution in [2.24, 2.45) is 28.6 Å². The minimum atomic E-state index is -0.713. The van der Waals surface area contributed by atoms with E-state index in [9.17, 15) is 9.90 Å². The molecule has 0 unspecified atom stereocenters. The highest BCUT2D eigenvalue weighted by molar-refractivity contribution is 5.66. The summed E-state index contributed by atoms with van der Waals surface area (Å²) in [6.45, 7) is 10.2. The number of hydrogen-bond donors (Lipinski definition) is 1. The van der Waals surface area contributed by atoms with Crippen LogP contribution in [0.5, 0.6) is 0 Å². The Kier molecular flexibility index (Phi) is 3.62. The van der Waals surface area contributed by atoms with Crippen molar-refractivity contribution in [3.63, 3.8) is 0 Å². The molecule has 0 radical (unpaired) electrons. The Morgan fingerprint density at radius 2 is 1.81 bits per heavy atom. The zero-order valence-electron chi connectivity index (χ0n) is 17.0. The van der Waals surface area contributed by atoms with Crippen LogP contribution < -0.4 is 0 Å². The number of carbonyl (C=O) groups is 1. The van der Waals surface area contributed by atoms with Crippen LogP contribution >= 0.6 is 0 Å². The van der Waals surface area contributed by atoms with E-state index in [0.29, 0.717) is 23.9 Å². The Balaban J connectivity index is 1.44. The topological polar surface area (TPSA) is 59.1 Å². The highest BCUT2D eigenvalue weighted by atomic mass is 16.6. The normalized spacial score (nSPS) is 58.3. The third-order valence-electron chi connectivity index (χ3n) is 9.93. The van der Waals surface area contributed by atoms with E-state index in [1.165, 1.54) is 13.3 Å². The molecule has 0 aromatic carbocycles. The Morgan fingerprint density at radius 3 is 2.52 bits per heavy atom. The van der Waals surface area contributed by atoms with Gasteiger partial charge in [0, 0.05) is 24.2 Å². The number of aliphatic hydroxyl groups is 1. The molecule has 9 atom stereocenters. The minimum Gasteiger partial charge on any atom is -0.462 e. The van der Waals surface area contributed by atoms with E-state index in [2.05, 4.69) is 20.4 Å². The summed E-state index contributed by atoms with van der Waals surface area (Å²) >= 11 is 0. The van der Waals surface area contributed by atoms with Crippen LogP contribution in [0.15, 0.2) is 12.7 Å². The van der Waals surface area contributed by atoms with Crippen molar-refractivity contribution in [2.45, 2.75) is 95.5 Å². The number of esters is 1. The van der Waals surface area contributed by atoms with Crippen LogP contribution in [0.2, 0.25) is 0 Å². The number of epoxide rings is 1. The second-order valence-corrected chi connectivity index (χ2v) is 10.6. The quantitative estimate of drug-likeness (QED) is 0.451. The molecule has 1 saturated heterocycles. The predicted molar refractivity (Wildman–Crippen MR) is 102 cm³/mol. The molecule has 4 heteroatoms. The maximum absolute atomic E-state index is 11.5. The summed E-state index contributed by atoms with van der Waals surface area (Å²) in [6.07, 6.45) is 10.4. The van der Waals surface area contributed by atoms with Gasteiger partial charge in [-0.15, -0.1) is 6.58 Å².